The Balaban J connectivity index is 1.37. The molecule has 0 saturated heterocycles. The van der Waals surface area contributed by atoms with E-state index in [-0.39, 0.29) is 36.0 Å². The van der Waals surface area contributed by atoms with Crippen molar-refractivity contribution in [3.05, 3.63) is 95.2 Å². The maximum Gasteiger partial charge on any atom is 0.333 e. The van der Waals surface area contributed by atoms with Gasteiger partial charge in [0.1, 0.15) is 5.75 Å². The van der Waals surface area contributed by atoms with Crippen LogP contribution >= 0.6 is 0 Å². The van der Waals surface area contributed by atoms with Crippen LogP contribution in [-0.2, 0) is 16.0 Å². The number of rotatable bonds is 7. The summed E-state index contributed by atoms with van der Waals surface area (Å²) in [5.74, 6) is -2.00. The lowest BCUT2D eigenvalue weighted by Gasteiger charge is -2.26. The van der Waals surface area contributed by atoms with Crippen LogP contribution in [0.15, 0.2) is 78.1 Å². The maximum atomic E-state index is 14.1. The van der Waals surface area contributed by atoms with E-state index in [1.807, 2.05) is 36.4 Å². The smallest absolute Gasteiger partial charge is 0.333 e. The summed E-state index contributed by atoms with van der Waals surface area (Å²) in [6.07, 6.45) is 3.13. The highest BCUT2D eigenvalue weighted by Crippen LogP contribution is 2.36. The molecule has 0 saturated carbocycles. The number of carbonyl (C=O) groups is 2. The minimum Gasteiger partial charge on any atom is -0.508 e. The monoisotopic (exact) mass is 460 g/mol. The van der Waals surface area contributed by atoms with E-state index in [2.05, 4.69) is 10.3 Å². The molecule has 2 aromatic carbocycles. The summed E-state index contributed by atoms with van der Waals surface area (Å²) in [5.41, 5.74) is 3.90. The second-order valence-electron chi connectivity index (χ2n) is 8.38. The number of nitrogens with zero attached hydrogens (tertiary/aromatic N) is 1. The number of aliphatic carboxylic acids is 1. The van der Waals surface area contributed by atoms with E-state index in [1.54, 1.807) is 24.3 Å². The molecule has 1 unspecified atom stereocenters. The Morgan fingerprint density at radius 1 is 1.03 bits per heavy atom. The third-order valence-electron chi connectivity index (χ3n) is 6.13. The van der Waals surface area contributed by atoms with Gasteiger partial charge in [0, 0.05) is 23.9 Å². The van der Waals surface area contributed by atoms with E-state index in [1.165, 1.54) is 6.20 Å². The Kier molecular flexibility index (Phi) is 7.01. The molecule has 1 heterocycles. The Bertz CT molecular complexity index is 1220. The number of benzene rings is 2. The number of hydrogen-bond donors (Lipinski definition) is 3. The number of hydrogen-bond acceptors (Lipinski definition) is 4. The lowest BCUT2D eigenvalue weighted by atomic mass is 9.82. The first kappa shape index (κ1) is 23.2. The van der Waals surface area contributed by atoms with Crippen molar-refractivity contribution in [2.45, 2.75) is 38.0 Å². The number of carboxylic acids is 1. The largest absolute Gasteiger partial charge is 0.508 e. The number of nitrogens with one attached hydrogen (secondary N) is 1. The molecule has 1 aromatic heterocycles. The van der Waals surface area contributed by atoms with Gasteiger partial charge in [0.05, 0.1) is 5.57 Å². The standard InChI is InChI=1S/C27H25FN2O4/c28-26-22(2-1-15-29-26)20-10-13-24(23(16-20)27(33)34)30-25(32)14-5-17-3-6-18(7-4-17)19-8-11-21(31)12-9-19/h1-4,6-9,11-12,15,20,31H,5,10,13-14,16H2,(H,30,32)(H,33,34). The number of amides is 1. The second kappa shape index (κ2) is 10.3. The van der Waals surface area contributed by atoms with Gasteiger partial charge < -0.3 is 15.5 Å². The third kappa shape index (κ3) is 5.49. The summed E-state index contributed by atoms with van der Waals surface area (Å²) in [7, 11) is 0. The fourth-order valence-corrected chi connectivity index (χ4v) is 4.27. The van der Waals surface area contributed by atoms with Crippen molar-refractivity contribution in [3.63, 3.8) is 0 Å². The molecular weight excluding hydrogens is 435 g/mol. The number of aryl methyl sites for hydroxylation is 1. The first-order valence-electron chi connectivity index (χ1n) is 11.1. The van der Waals surface area contributed by atoms with Gasteiger partial charge in [-0.2, -0.15) is 4.39 Å². The quantitative estimate of drug-likeness (QED) is 0.434. The number of pyridine rings is 1. The van der Waals surface area contributed by atoms with Crippen molar-refractivity contribution in [3.8, 4) is 16.9 Å². The van der Waals surface area contributed by atoms with Crippen LogP contribution in [0.2, 0.25) is 0 Å². The Morgan fingerprint density at radius 3 is 2.35 bits per heavy atom. The van der Waals surface area contributed by atoms with Crippen LogP contribution in [0.5, 0.6) is 5.75 Å². The molecule has 174 valence electrons. The van der Waals surface area contributed by atoms with Crippen molar-refractivity contribution >= 4 is 11.9 Å². The zero-order valence-corrected chi connectivity index (χ0v) is 18.5. The van der Waals surface area contributed by atoms with E-state index in [0.29, 0.717) is 30.5 Å². The molecule has 7 heteroatoms. The Labute approximate surface area is 196 Å². The zero-order chi connectivity index (χ0) is 24.1. The summed E-state index contributed by atoms with van der Waals surface area (Å²) < 4.78 is 14.1. The fraction of sp³-hybridized carbons (Fsp3) is 0.222. The van der Waals surface area contributed by atoms with Crippen molar-refractivity contribution in [1.29, 1.82) is 0 Å². The topological polar surface area (TPSA) is 99.5 Å². The summed E-state index contributed by atoms with van der Waals surface area (Å²) in [6.45, 7) is 0. The minimum atomic E-state index is -1.10. The van der Waals surface area contributed by atoms with Crippen molar-refractivity contribution in [2.75, 3.05) is 0 Å². The highest BCUT2D eigenvalue weighted by Gasteiger charge is 2.29. The molecular formula is C27H25FN2O4. The zero-order valence-electron chi connectivity index (χ0n) is 18.5. The van der Waals surface area contributed by atoms with E-state index < -0.39 is 11.9 Å². The van der Waals surface area contributed by atoms with Crippen LogP contribution in [0.1, 0.15) is 42.7 Å². The van der Waals surface area contributed by atoms with Crippen molar-refractivity contribution < 1.29 is 24.2 Å². The fourth-order valence-electron chi connectivity index (χ4n) is 4.27. The molecule has 1 atom stereocenters. The molecule has 1 aliphatic rings. The van der Waals surface area contributed by atoms with Gasteiger partial charge in [-0.1, -0.05) is 42.5 Å². The highest BCUT2D eigenvalue weighted by atomic mass is 19.1. The number of aromatic hydroxyl groups is 1. The predicted molar refractivity (Wildman–Crippen MR) is 125 cm³/mol. The molecule has 34 heavy (non-hydrogen) atoms. The van der Waals surface area contributed by atoms with Crippen molar-refractivity contribution in [1.82, 2.24) is 10.3 Å². The van der Waals surface area contributed by atoms with Gasteiger partial charge in [-0.3, -0.25) is 4.79 Å². The molecule has 1 amide bonds. The highest BCUT2D eigenvalue weighted by molar-refractivity contribution is 5.89. The normalized spacial score (nSPS) is 15.7. The van der Waals surface area contributed by atoms with Crippen LogP contribution < -0.4 is 5.32 Å². The minimum absolute atomic E-state index is 0.117. The van der Waals surface area contributed by atoms with Crippen LogP contribution in [0.4, 0.5) is 4.39 Å². The SMILES string of the molecule is O=C(CCc1ccc(-c2ccc(O)cc2)cc1)NC1=C(C(=O)O)CC(c2cccnc2F)CC1. The summed E-state index contributed by atoms with van der Waals surface area (Å²) >= 11 is 0. The molecule has 3 aromatic rings. The molecule has 0 bridgehead atoms. The molecule has 0 fully saturated rings. The summed E-state index contributed by atoms with van der Waals surface area (Å²) in [4.78, 5) is 28.0. The van der Waals surface area contributed by atoms with E-state index in [4.69, 9.17) is 0 Å². The number of carbonyl (C=O) groups excluding carboxylic acids is 1. The number of halogens is 1. The molecule has 0 radical (unpaired) electrons. The Morgan fingerprint density at radius 2 is 1.71 bits per heavy atom. The predicted octanol–water partition coefficient (Wildman–Crippen LogP) is 4.95. The number of aromatic nitrogens is 1. The first-order chi connectivity index (χ1) is 16.4. The van der Waals surface area contributed by atoms with Gasteiger partial charge in [-0.05, 0) is 66.5 Å². The van der Waals surface area contributed by atoms with Gasteiger partial charge in [0.25, 0.3) is 0 Å². The van der Waals surface area contributed by atoms with Crippen LogP contribution in [-0.4, -0.2) is 27.1 Å². The lowest BCUT2D eigenvalue weighted by molar-refractivity contribution is -0.133. The number of phenols is 1. The van der Waals surface area contributed by atoms with Gasteiger partial charge in [-0.25, -0.2) is 9.78 Å². The average molecular weight is 461 g/mol. The van der Waals surface area contributed by atoms with Crippen LogP contribution in [0, 0.1) is 5.95 Å². The second-order valence-corrected chi connectivity index (χ2v) is 8.38. The molecule has 4 rings (SSSR count). The summed E-state index contributed by atoms with van der Waals surface area (Å²) in [5, 5.41) is 21.9. The van der Waals surface area contributed by atoms with Gasteiger partial charge in [0.2, 0.25) is 11.9 Å². The lowest BCUT2D eigenvalue weighted by Crippen LogP contribution is -2.29. The van der Waals surface area contributed by atoms with E-state index in [9.17, 15) is 24.2 Å². The average Bonchev–Trinajstić information content (AvgIpc) is 2.84. The molecule has 0 aliphatic heterocycles. The molecule has 3 N–H and O–H groups in total. The molecule has 0 spiro atoms. The van der Waals surface area contributed by atoms with Gasteiger partial charge in [-0.15, -0.1) is 0 Å². The summed E-state index contributed by atoms with van der Waals surface area (Å²) in [6, 6.07) is 18.0. The van der Waals surface area contributed by atoms with Crippen LogP contribution in [0.3, 0.4) is 0 Å². The van der Waals surface area contributed by atoms with Gasteiger partial charge in [0.15, 0.2) is 0 Å². The number of phenolic OH excluding ortho intramolecular Hbond substituents is 1. The third-order valence-corrected chi connectivity index (χ3v) is 6.13. The number of carboxylic acid groups (broad SMARTS) is 1. The maximum absolute atomic E-state index is 14.1. The van der Waals surface area contributed by atoms with Crippen molar-refractivity contribution in [2.24, 2.45) is 0 Å². The molecule has 1 aliphatic carbocycles. The van der Waals surface area contributed by atoms with E-state index >= 15 is 0 Å². The first-order valence-corrected chi connectivity index (χ1v) is 11.1. The Hall–Kier alpha value is -4.00. The molecule has 6 nitrogen and oxygen atoms in total. The van der Waals surface area contributed by atoms with Crippen LogP contribution in [0.25, 0.3) is 11.1 Å². The van der Waals surface area contributed by atoms with E-state index in [0.717, 1.165) is 16.7 Å². The number of allylic oxidation sites excluding steroid dienone is 1. The van der Waals surface area contributed by atoms with Gasteiger partial charge >= 0.3 is 5.97 Å².